The summed E-state index contributed by atoms with van der Waals surface area (Å²) in [6, 6.07) is 9.29. The molecule has 2 N–H and O–H groups in total. The van der Waals surface area contributed by atoms with Crippen LogP contribution >= 0.6 is 23.1 Å². The highest BCUT2D eigenvalue weighted by Gasteiger charge is 2.08. The van der Waals surface area contributed by atoms with Crippen molar-refractivity contribution in [3.8, 4) is 5.75 Å². The summed E-state index contributed by atoms with van der Waals surface area (Å²) in [5, 5.41) is 5.11. The largest absolute Gasteiger partial charge is 0.497 e. The average Bonchev–Trinajstić information content (AvgIpc) is 3.08. The highest BCUT2D eigenvalue weighted by molar-refractivity contribution is 7.99. The molecule has 24 heavy (non-hydrogen) atoms. The molecule has 0 aliphatic carbocycles. The second-order valence-corrected chi connectivity index (χ2v) is 6.80. The van der Waals surface area contributed by atoms with E-state index < -0.39 is 0 Å². The molecule has 0 bridgehead atoms. The quantitative estimate of drug-likeness (QED) is 0.520. The summed E-state index contributed by atoms with van der Waals surface area (Å²) < 4.78 is 5.69. The Hall–Kier alpha value is -2.32. The minimum absolute atomic E-state index is 0.121. The van der Waals surface area contributed by atoms with E-state index in [4.69, 9.17) is 4.74 Å². The van der Waals surface area contributed by atoms with E-state index in [1.807, 2.05) is 29.6 Å². The van der Waals surface area contributed by atoms with Crippen molar-refractivity contribution >= 4 is 39.2 Å². The van der Waals surface area contributed by atoms with Crippen molar-refractivity contribution in [2.45, 2.75) is 11.7 Å². The lowest BCUT2D eigenvalue weighted by Crippen LogP contribution is -2.24. The number of thiophene rings is 1. The molecular weight excluding hydrogens is 346 g/mol. The summed E-state index contributed by atoms with van der Waals surface area (Å²) >= 11 is 2.56. The van der Waals surface area contributed by atoms with Gasteiger partial charge < -0.3 is 15.0 Å². The average molecular weight is 361 g/mol. The van der Waals surface area contributed by atoms with Crippen molar-refractivity contribution in [1.29, 1.82) is 0 Å². The summed E-state index contributed by atoms with van der Waals surface area (Å²) in [6.07, 6.45) is 0. The highest BCUT2D eigenvalue weighted by Crippen LogP contribution is 2.18. The Kier molecular flexibility index (Phi) is 5.17. The number of methoxy groups -OCH3 is 1. The lowest BCUT2D eigenvalue weighted by molar-refractivity contribution is -0.118. The van der Waals surface area contributed by atoms with Gasteiger partial charge in [-0.3, -0.25) is 9.59 Å². The molecule has 1 aromatic carbocycles. The zero-order valence-corrected chi connectivity index (χ0v) is 14.5. The smallest absolute Gasteiger partial charge is 0.269 e. The number of aromatic amines is 1. The van der Waals surface area contributed by atoms with Crippen molar-refractivity contribution in [1.82, 2.24) is 15.3 Å². The molecule has 1 amide bonds. The third-order valence-electron chi connectivity index (χ3n) is 3.28. The molecule has 2 heterocycles. The van der Waals surface area contributed by atoms with Gasteiger partial charge in [0.2, 0.25) is 5.91 Å². The fourth-order valence-electron chi connectivity index (χ4n) is 2.05. The Labute approximate surface area is 146 Å². The van der Waals surface area contributed by atoms with E-state index in [0.717, 1.165) is 11.3 Å². The van der Waals surface area contributed by atoms with Gasteiger partial charge >= 0.3 is 0 Å². The van der Waals surface area contributed by atoms with Crippen LogP contribution in [0.5, 0.6) is 5.75 Å². The van der Waals surface area contributed by atoms with Crippen LogP contribution in [0.15, 0.2) is 45.7 Å². The van der Waals surface area contributed by atoms with Crippen LogP contribution in [0, 0.1) is 0 Å². The molecule has 0 aliphatic rings. The highest BCUT2D eigenvalue weighted by atomic mass is 32.2. The van der Waals surface area contributed by atoms with Crippen molar-refractivity contribution in [3.05, 3.63) is 51.6 Å². The van der Waals surface area contributed by atoms with Crippen LogP contribution < -0.4 is 15.6 Å². The molecule has 8 heteroatoms. The SMILES string of the molecule is COc1ccc(CNC(=O)CSc2nc3ccsc3c(=O)[nH]2)cc1. The van der Waals surface area contributed by atoms with Crippen molar-refractivity contribution < 1.29 is 9.53 Å². The van der Waals surface area contributed by atoms with E-state index in [0.29, 0.717) is 21.9 Å². The third-order valence-corrected chi connectivity index (χ3v) is 5.06. The standard InChI is InChI=1S/C16H15N3O3S2/c1-22-11-4-2-10(3-5-11)8-17-13(20)9-24-16-18-12-6-7-23-14(12)15(21)19-16/h2-7H,8-9H2,1H3,(H,17,20)(H,18,19,21). The predicted molar refractivity (Wildman–Crippen MR) is 95.8 cm³/mol. The molecule has 3 aromatic rings. The molecule has 0 saturated heterocycles. The van der Waals surface area contributed by atoms with Crippen LogP contribution in [0.3, 0.4) is 0 Å². The van der Waals surface area contributed by atoms with Crippen LogP contribution in [-0.2, 0) is 11.3 Å². The van der Waals surface area contributed by atoms with E-state index in [9.17, 15) is 9.59 Å². The molecule has 0 radical (unpaired) electrons. The number of nitrogens with one attached hydrogen (secondary N) is 2. The summed E-state index contributed by atoms with van der Waals surface area (Å²) in [4.78, 5) is 30.8. The number of aromatic nitrogens is 2. The molecule has 0 atom stereocenters. The van der Waals surface area contributed by atoms with Gasteiger partial charge in [0.1, 0.15) is 10.4 Å². The van der Waals surface area contributed by atoms with Gasteiger partial charge in [0, 0.05) is 6.54 Å². The lowest BCUT2D eigenvalue weighted by atomic mass is 10.2. The van der Waals surface area contributed by atoms with Crippen LogP contribution in [0.4, 0.5) is 0 Å². The normalized spacial score (nSPS) is 10.7. The third kappa shape index (κ3) is 3.95. The maximum absolute atomic E-state index is 11.9. The summed E-state index contributed by atoms with van der Waals surface area (Å²) in [5.41, 5.74) is 1.47. The van der Waals surface area contributed by atoms with Crippen molar-refractivity contribution in [3.63, 3.8) is 0 Å². The zero-order chi connectivity index (χ0) is 16.9. The number of carbonyl (C=O) groups excluding carboxylic acids is 1. The van der Waals surface area contributed by atoms with Crippen LogP contribution in [0.2, 0.25) is 0 Å². The first-order valence-electron chi connectivity index (χ1n) is 7.15. The number of hydrogen-bond donors (Lipinski definition) is 2. The number of hydrogen-bond acceptors (Lipinski definition) is 6. The lowest BCUT2D eigenvalue weighted by Gasteiger charge is -2.06. The maximum Gasteiger partial charge on any atom is 0.269 e. The molecule has 3 rings (SSSR count). The molecule has 0 aliphatic heterocycles. The Morgan fingerprint density at radius 3 is 2.88 bits per heavy atom. The van der Waals surface area contributed by atoms with E-state index >= 15 is 0 Å². The second kappa shape index (κ2) is 7.50. The number of nitrogens with zero attached hydrogens (tertiary/aromatic N) is 1. The first-order valence-corrected chi connectivity index (χ1v) is 9.02. The van der Waals surface area contributed by atoms with Crippen molar-refractivity contribution in [2.24, 2.45) is 0 Å². The number of amides is 1. The minimum Gasteiger partial charge on any atom is -0.497 e. The van der Waals surface area contributed by atoms with Gasteiger partial charge in [0.05, 0.1) is 18.4 Å². The van der Waals surface area contributed by atoms with E-state index in [1.54, 1.807) is 13.2 Å². The van der Waals surface area contributed by atoms with Gasteiger partial charge in [-0.15, -0.1) is 11.3 Å². The number of H-pyrrole nitrogens is 1. The fourth-order valence-corrected chi connectivity index (χ4v) is 3.47. The number of carbonyl (C=O) groups is 1. The van der Waals surface area contributed by atoms with Gasteiger partial charge in [0.25, 0.3) is 5.56 Å². The first-order chi connectivity index (χ1) is 11.7. The van der Waals surface area contributed by atoms with Crippen LogP contribution in [-0.4, -0.2) is 28.7 Å². The van der Waals surface area contributed by atoms with E-state index in [2.05, 4.69) is 15.3 Å². The van der Waals surface area contributed by atoms with E-state index in [-0.39, 0.29) is 17.2 Å². The molecule has 6 nitrogen and oxygen atoms in total. The van der Waals surface area contributed by atoms with Crippen LogP contribution in [0.1, 0.15) is 5.56 Å². The van der Waals surface area contributed by atoms with Gasteiger partial charge in [0.15, 0.2) is 5.16 Å². The number of ether oxygens (including phenoxy) is 1. The first kappa shape index (κ1) is 16.5. The van der Waals surface area contributed by atoms with Gasteiger partial charge in [-0.05, 0) is 29.1 Å². The van der Waals surface area contributed by atoms with Gasteiger partial charge in [-0.2, -0.15) is 0 Å². The summed E-state index contributed by atoms with van der Waals surface area (Å²) in [6.45, 7) is 0.441. The molecule has 2 aromatic heterocycles. The number of benzene rings is 1. The molecule has 0 unspecified atom stereocenters. The number of thioether (sulfide) groups is 1. The van der Waals surface area contributed by atoms with Gasteiger partial charge in [-0.25, -0.2) is 4.98 Å². The molecule has 124 valence electrons. The van der Waals surface area contributed by atoms with Crippen LogP contribution in [0.25, 0.3) is 10.2 Å². The molecule has 0 saturated carbocycles. The monoisotopic (exact) mass is 361 g/mol. The Balaban J connectivity index is 1.53. The molecule has 0 fully saturated rings. The number of rotatable bonds is 6. The molecular formula is C16H15N3O3S2. The number of fused-ring (bicyclic) bond motifs is 1. The minimum atomic E-state index is -0.170. The van der Waals surface area contributed by atoms with E-state index in [1.165, 1.54) is 23.1 Å². The fraction of sp³-hybridized carbons (Fsp3) is 0.188. The molecule has 0 spiro atoms. The zero-order valence-electron chi connectivity index (χ0n) is 12.9. The van der Waals surface area contributed by atoms with Crippen molar-refractivity contribution in [2.75, 3.05) is 12.9 Å². The Morgan fingerprint density at radius 2 is 2.12 bits per heavy atom. The maximum atomic E-state index is 11.9. The predicted octanol–water partition coefficient (Wildman–Crippen LogP) is 2.40. The van der Waals surface area contributed by atoms with Gasteiger partial charge in [-0.1, -0.05) is 23.9 Å². The summed E-state index contributed by atoms with van der Waals surface area (Å²) in [5.74, 6) is 0.845. The Morgan fingerprint density at radius 1 is 1.33 bits per heavy atom. The topological polar surface area (TPSA) is 84.1 Å². The Bertz CT molecular complexity index is 903. The second-order valence-electron chi connectivity index (χ2n) is 4.92. The summed E-state index contributed by atoms with van der Waals surface area (Å²) in [7, 11) is 1.61.